The molecule has 6 heteroatoms. The number of hydrogen-bond donors (Lipinski definition) is 2. The third-order valence-electron chi connectivity index (χ3n) is 3.77. The minimum absolute atomic E-state index is 0.194. The van der Waals surface area contributed by atoms with Crippen molar-refractivity contribution in [2.75, 3.05) is 0 Å². The lowest BCUT2D eigenvalue weighted by Gasteiger charge is -2.10. The molecule has 1 aromatic heterocycles. The van der Waals surface area contributed by atoms with Crippen molar-refractivity contribution in [3.8, 4) is 0 Å². The molecule has 0 aliphatic carbocycles. The van der Waals surface area contributed by atoms with E-state index in [4.69, 9.17) is 0 Å². The number of fused-ring (bicyclic) bond motifs is 1. The molecule has 0 radical (unpaired) electrons. The second-order valence-corrected chi connectivity index (χ2v) is 7.36. The summed E-state index contributed by atoms with van der Waals surface area (Å²) in [5.41, 5.74) is 4.14. The number of hydrogen-bond acceptors (Lipinski definition) is 3. The van der Waals surface area contributed by atoms with E-state index in [9.17, 15) is 8.42 Å². The van der Waals surface area contributed by atoms with E-state index >= 15 is 0 Å². The van der Waals surface area contributed by atoms with Crippen LogP contribution < -0.4 is 4.72 Å². The molecular formula is C14H21N3O2S. The number of aromatic nitrogens is 2. The first-order valence-electron chi connectivity index (χ1n) is 6.78. The van der Waals surface area contributed by atoms with Crippen LogP contribution in [0.1, 0.15) is 37.2 Å². The molecule has 0 saturated carbocycles. The summed E-state index contributed by atoms with van der Waals surface area (Å²) < 4.78 is 26.4. The first-order valence-corrected chi connectivity index (χ1v) is 8.33. The Kier molecular flexibility index (Phi) is 4.15. The minimum atomic E-state index is -3.27. The van der Waals surface area contributed by atoms with Crippen molar-refractivity contribution in [3.63, 3.8) is 0 Å². The summed E-state index contributed by atoms with van der Waals surface area (Å²) in [6.07, 6.45) is 0.591. The number of nitrogens with zero attached hydrogens (tertiary/aromatic N) is 1. The number of nitrogens with one attached hydrogen (secondary N) is 2. The number of rotatable bonds is 5. The van der Waals surface area contributed by atoms with Crippen LogP contribution in [0.15, 0.2) is 12.1 Å². The predicted octanol–water partition coefficient (Wildman–Crippen LogP) is 2.40. The molecule has 5 nitrogen and oxygen atoms in total. The van der Waals surface area contributed by atoms with Gasteiger partial charge in [-0.2, -0.15) is 0 Å². The summed E-state index contributed by atoms with van der Waals surface area (Å²) in [4.78, 5) is 7.63. The smallest absolute Gasteiger partial charge is 0.214 e. The van der Waals surface area contributed by atoms with Gasteiger partial charge in [0, 0.05) is 0 Å². The third-order valence-corrected chi connectivity index (χ3v) is 5.71. The van der Waals surface area contributed by atoms with Crippen molar-refractivity contribution in [3.05, 3.63) is 29.1 Å². The van der Waals surface area contributed by atoms with E-state index in [0.717, 1.165) is 16.6 Å². The summed E-state index contributed by atoms with van der Waals surface area (Å²) in [6, 6.07) is 4.00. The molecule has 110 valence electrons. The highest BCUT2D eigenvalue weighted by Gasteiger charge is 2.18. The molecule has 20 heavy (non-hydrogen) atoms. The number of benzene rings is 1. The summed E-state index contributed by atoms with van der Waals surface area (Å²) in [5.74, 6) is 0.639. The van der Waals surface area contributed by atoms with Gasteiger partial charge >= 0.3 is 0 Å². The lowest BCUT2D eigenvalue weighted by Crippen LogP contribution is -2.32. The number of aryl methyl sites for hydroxylation is 2. The molecule has 0 amide bonds. The van der Waals surface area contributed by atoms with E-state index < -0.39 is 15.3 Å². The zero-order valence-electron chi connectivity index (χ0n) is 12.3. The van der Waals surface area contributed by atoms with E-state index in [1.165, 1.54) is 5.56 Å². The van der Waals surface area contributed by atoms with Crippen molar-refractivity contribution < 1.29 is 8.42 Å². The van der Waals surface area contributed by atoms with Crippen molar-refractivity contribution >= 4 is 21.1 Å². The maximum absolute atomic E-state index is 11.9. The number of imidazole rings is 1. The van der Waals surface area contributed by atoms with Gasteiger partial charge in [-0.25, -0.2) is 18.1 Å². The van der Waals surface area contributed by atoms with E-state index in [2.05, 4.69) is 14.7 Å². The zero-order valence-corrected chi connectivity index (χ0v) is 13.1. The molecule has 2 rings (SSSR count). The lowest BCUT2D eigenvalue weighted by atomic mass is 10.1. The van der Waals surface area contributed by atoms with Crippen LogP contribution in [-0.4, -0.2) is 23.6 Å². The Hall–Kier alpha value is -1.40. The van der Waals surface area contributed by atoms with Crippen LogP contribution in [0.3, 0.4) is 0 Å². The maximum Gasteiger partial charge on any atom is 0.214 e. The van der Waals surface area contributed by atoms with Crippen LogP contribution in [0.5, 0.6) is 0 Å². The molecule has 0 aliphatic heterocycles. The largest absolute Gasteiger partial charge is 0.341 e. The number of H-pyrrole nitrogens is 1. The molecule has 0 spiro atoms. The van der Waals surface area contributed by atoms with E-state index in [1.54, 1.807) is 6.92 Å². The second kappa shape index (κ2) is 5.54. The summed E-state index contributed by atoms with van der Waals surface area (Å²) >= 11 is 0. The van der Waals surface area contributed by atoms with Crippen molar-refractivity contribution in [1.29, 1.82) is 0 Å². The second-order valence-electron chi connectivity index (χ2n) is 5.17. The molecule has 1 unspecified atom stereocenters. The average Bonchev–Trinajstić information content (AvgIpc) is 2.84. The predicted molar refractivity (Wildman–Crippen MR) is 81.1 cm³/mol. The van der Waals surface area contributed by atoms with Crippen LogP contribution in [0, 0.1) is 13.8 Å². The van der Waals surface area contributed by atoms with Gasteiger partial charge in [0.15, 0.2) is 0 Å². The third kappa shape index (κ3) is 2.86. The maximum atomic E-state index is 11.9. The van der Waals surface area contributed by atoms with E-state index in [0.29, 0.717) is 12.2 Å². The van der Waals surface area contributed by atoms with Crippen LogP contribution >= 0.6 is 0 Å². The highest BCUT2D eigenvalue weighted by atomic mass is 32.2. The Morgan fingerprint density at radius 1 is 1.35 bits per heavy atom. The molecule has 0 aliphatic rings. The normalized spacial score (nSPS) is 13.8. The molecule has 1 heterocycles. The van der Waals surface area contributed by atoms with Gasteiger partial charge in [-0.1, -0.05) is 13.0 Å². The van der Waals surface area contributed by atoms with E-state index in [-0.39, 0.29) is 6.54 Å². The van der Waals surface area contributed by atoms with Gasteiger partial charge < -0.3 is 4.98 Å². The highest BCUT2D eigenvalue weighted by Crippen LogP contribution is 2.19. The monoisotopic (exact) mass is 295 g/mol. The summed E-state index contributed by atoms with van der Waals surface area (Å²) in [5, 5.41) is -0.393. The van der Waals surface area contributed by atoms with E-state index in [1.807, 2.05) is 32.9 Å². The Morgan fingerprint density at radius 3 is 2.70 bits per heavy atom. The van der Waals surface area contributed by atoms with Crippen LogP contribution in [0.2, 0.25) is 0 Å². The Balaban J connectivity index is 2.22. The molecule has 0 saturated heterocycles. The topological polar surface area (TPSA) is 74.8 Å². The van der Waals surface area contributed by atoms with Gasteiger partial charge in [-0.15, -0.1) is 0 Å². The average molecular weight is 295 g/mol. The Morgan fingerprint density at radius 2 is 2.05 bits per heavy atom. The zero-order chi connectivity index (χ0) is 14.9. The van der Waals surface area contributed by atoms with Gasteiger partial charge in [-0.05, 0) is 44.4 Å². The summed E-state index contributed by atoms with van der Waals surface area (Å²) in [7, 11) is -3.27. The van der Waals surface area contributed by atoms with Gasteiger partial charge in [0.05, 0.1) is 22.8 Å². The molecule has 2 aromatic rings. The van der Waals surface area contributed by atoms with Gasteiger partial charge in [0.2, 0.25) is 10.0 Å². The molecule has 0 bridgehead atoms. The van der Waals surface area contributed by atoms with Crippen molar-refractivity contribution in [2.24, 2.45) is 0 Å². The highest BCUT2D eigenvalue weighted by molar-refractivity contribution is 7.90. The lowest BCUT2D eigenvalue weighted by molar-refractivity contribution is 0.564. The van der Waals surface area contributed by atoms with Gasteiger partial charge in [0.1, 0.15) is 5.82 Å². The minimum Gasteiger partial charge on any atom is -0.341 e. The van der Waals surface area contributed by atoms with Crippen LogP contribution in [0.25, 0.3) is 11.0 Å². The SMILES string of the molecule is CCC(C)S(=O)(=O)NCc1nc2c(C)c(C)ccc2[nH]1. The van der Waals surface area contributed by atoms with Crippen molar-refractivity contribution in [1.82, 2.24) is 14.7 Å². The Bertz CT molecular complexity index is 719. The summed E-state index contributed by atoms with van der Waals surface area (Å²) in [6.45, 7) is 7.81. The van der Waals surface area contributed by atoms with Crippen LogP contribution in [-0.2, 0) is 16.6 Å². The number of sulfonamides is 1. The fourth-order valence-electron chi connectivity index (χ4n) is 1.98. The quantitative estimate of drug-likeness (QED) is 0.889. The van der Waals surface area contributed by atoms with Crippen LogP contribution in [0.4, 0.5) is 0 Å². The fourth-order valence-corrected chi connectivity index (χ4v) is 3.04. The Labute approximate surface area is 119 Å². The fraction of sp³-hybridized carbons (Fsp3) is 0.500. The molecule has 1 aromatic carbocycles. The number of aromatic amines is 1. The molecular weight excluding hydrogens is 274 g/mol. The first kappa shape index (κ1) is 15.0. The standard InChI is InChI=1S/C14H21N3O2S/c1-5-10(3)20(18,19)15-8-13-16-12-7-6-9(2)11(4)14(12)17-13/h6-7,10,15H,5,8H2,1-4H3,(H,16,17). The molecule has 2 N–H and O–H groups in total. The van der Waals surface area contributed by atoms with Gasteiger partial charge in [0.25, 0.3) is 0 Å². The van der Waals surface area contributed by atoms with Crippen molar-refractivity contribution in [2.45, 2.75) is 45.9 Å². The molecule has 0 fully saturated rings. The molecule has 1 atom stereocenters. The van der Waals surface area contributed by atoms with Gasteiger partial charge in [-0.3, -0.25) is 0 Å². The first-order chi connectivity index (χ1) is 9.35.